The molecule has 2 aromatic carbocycles. The number of carbonyl (C=O) groups excluding carboxylic acids is 1. The van der Waals surface area contributed by atoms with Crippen LogP contribution >= 0.6 is 11.8 Å². The van der Waals surface area contributed by atoms with E-state index in [1.54, 1.807) is 12.4 Å². The Labute approximate surface area is 180 Å². The first kappa shape index (κ1) is 20.0. The molecule has 0 aliphatic heterocycles. The molecule has 5 nitrogen and oxygen atoms in total. The number of aromatic nitrogens is 4. The molecule has 0 aliphatic carbocycles. The second kappa shape index (κ2) is 8.63. The van der Waals surface area contributed by atoms with Crippen molar-refractivity contribution >= 4 is 17.5 Å². The quantitative estimate of drug-likeness (QED) is 0.320. The van der Waals surface area contributed by atoms with Gasteiger partial charge in [-0.15, -0.1) is 10.2 Å². The van der Waals surface area contributed by atoms with Crippen LogP contribution in [0.5, 0.6) is 0 Å². The zero-order valence-corrected chi connectivity index (χ0v) is 17.9. The Balaban J connectivity index is 1.70. The Bertz CT molecular complexity index is 1150. The van der Waals surface area contributed by atoms with Crippen LogP contribution in [0.15, 0.2) is 78.2 Å². The van der Waals surface area contributed by atoms with Gasteiger partial charge in [-0.3, -0.25) is 9.78 Å². The highest BCUT2D eigenvalue weighted by molar-refractivity contribution is 8.00. The van der Waals surface area contributed by atoms with E-state index >= 15 is 0 Å². The zero-order valence-electron chi connectivity index (χ0n) is 17.1. The Morgan fingerprint density at radius 1 is 0.933 bits per heavy atom. The van der Waals surface area contributed by atoms with Gasteiger partial charge in [0.2, 0.25) is 0 Å². The Morgan fingerprint density at radius 2 is 1.60 bits per heavy atom. The molecule has 0 aliphatic rings. The molecule has 0 fully saturated rings. The Morgan fingerprint density at radius 3 is 2.23 bits per heavy atom. The van der Waals surface area contributed by atoms with Crippen LogP contribution in [-0.2, 0) is 7.05 Å². The van der Waals surface area contributed by atoms with E-state index in [4.69, 9.17) is 0 Å². The summed E-state index contributed by atoms with van der Waals surface area (Å²) in [5.41, 5.74) is 4.80. The van der Waals surface area contributed by atoms with Gasteiger partial charge in [0.1, 0.15) is 5.25 Å². The molecule has 0 amide bonds. The monoisotopic (exact) mass is 414 g/mol. The molecule has 1 atom stereocenters. The molecule has 0 N–H and O–H groups in total. The highest BCUT2D eigenvalue weighted by atomic mass is 32.2. The van der Waals surface area contributed by atoms with E-state index in [2.05, 4.69) is 15.2 Å². The van der Waals surface area contributed by atoms with Crippen molar-refractivity contribution in [2.75, 3.05) is 0 Å². The summed E-state index contributed by atoms with van der Waals surface area (Å²) in [6, 6.07) is 19.6. The highest BCUT2D eigenvalue weighted by Crippen LogP contribution is 2.38. The molecule has 4 aromatic rings. The lowest BCUT2D eigenvalue weighted by atomic mass is 10.0. The maximum Gasteiger partial charge on any atom is 0.192 e. The van der Waals surface area contributed by atoms with Crippen molar-refractivity contribution in [2.45, 2.75) is 24.3 Å². The van der Waals surface area contributed by atoms with E-state index in [0.29, 0.717) is 10.7 Å². The van der Waals surface area contributed by atoms with Gasteiger partial charge < -0.3 is 4.57 Å². The second-order valence-corrected chi connectivity index (χ2v) is 8.32. The highest BCUT2D eigenvalue weighted by Gasteiger charge is 2.26. The van der Waals surface area contributed by atoms with Gasteiger partial charge >= 0.3 is 0 Å². The number of aryl methyl sites for hydroxylation is 2. The molecule has 150 valence electrons. The summed E-state index contributed by atoms with van der Waals surface area (Å²) in [5, 5.41) is 8.95. The topological polar surface area (TPSA) is 60.7 Å². The van der Waals surface area contributed by atoms with Gasteiger partial charge in [-0.25, -0.2) is 0 Å². The number of hydrogen-bond donors (Lipinski definition) is 0. The molecule has 30 heavy (non-hydrogen) atoms. The van der Waals surface area contributed by atoms with E-state index in [-0.39, 0.29) is 5.78 Å². The molecule has 2 heterocycles. The lowest BCUT2D eigenvalue weighted by molar-refractivity contribution is 0.0989. The summed E-state index contributed by atoms with van der Waals surface area (Å²) in [6.07, 6.45) is 3.48. The van der Waals surface area contributed by atoms with Crippen molar-refractivity contribution in [1.82, 2.24) is 19.7 Å². The third kappa shape index (κ3) is 4.19. The van der Waals surface area contributed by atoms with Gasteiger partial charge in [-0.05, 0) is 31.5 Å². The zero-order chi connectivity index (χ0) is 21.1. The first-order chi connectivity index (χ1) is 14.5. The molecule has 6 heteroatoms. The summed E-state index contributed by atoms with van der Waals surface area (Å²) in [7, 11) is 1.91. The van der Waals surface area contributed by atoms with Crippen molar-refractivity contribution in [3.8, 4) is 11.4 Å². The summed E-state index contributed by atoms with van der Waals surface area (Å²) < 4.78 is 1.91. The van der Waals surface area contributed by atoms with Crippen LogP contribution < -0.4 is 0 Å². The maximum absolute atomic E-state index is 13.4. The number of nitrogens with zero attached hydrogens (tertiary/aromatic N) is 4. The lowest BCUT2D eigenvalue weighted by Crippen LogP contribution is -2.11. The fourth-order valence-corrected chi connectivity index (χ4v) is 4.23. The third-order valence-electron chi connectivity index (χ3n) is 4.93. The van der Waals surface area contributed by atoms with Gasteiger partial charge in [0.15, 0.2) is 16.8 Å². The second-order valence-electron chi connectivity index (χ2n) is 7.25. The number of Topliss-reactive ketones (excluding diaryl/α,β-unsaturated/α-hetero) is 1. The predicted molar refractivity (Wildman–Crippen MR) is 120 cm³/mol. The van der Waals surface area contributed by atoms with Crippen molar-refractivity contribution < 1.29 is 4.79 Å². The number of ketones is 1. The fraction of sp³-hybridized carbons (Fsp3) is 0.167. The smallest absolute Gasteiger partial charge is 0.192 e. The summed E-state index contributed by atoms with van der Waals surface area (Å²) in [4.78, 5) is 17.6. The molecular formula is C24H22N4OS. The lowest BCUT2D eigenvalue weighted by Gasteiger charge is -2.16. The van der Waals surface area contributed by atoms with Crippen LogP contribution in [0.3, 0.4) is 0 Å². The number of carbonyl (C=O) groups is 1. The summed E-state index contributed by atoms with van der Waals surface area (Å²) >= 11 is 1.42. The van der Waals surface area contributed by atoms with Crippen LogP contribution in [0.25, 0.3) is 11.4 Å². The largest absolute Gasteiger partial charge is 0.305 e. The van der Waals surface area contributed by atoms with Gasteiger partial charge in [-0.2, -0.15) is 0 Å². The molecule has 0 radical (unpaired) electrons. The van der Waals surface area contributed by atoms with Crippen LogP contribution in [0.2, 0.25) is 0 Å². The van der Waals surface area contributed by atoms with Gasteiger partial charge in [0.25, 0.3) is 0 Å². The van der Waals surface area contributed by atoms with Gasteiger partial charge in [0, 0.05) is 30.6 Å². The predicted octanol–water partition coefficient (Wildman–Crippen LogP) is 5.21. The van der Waals surface area contributed by atoms with E-state index in [9.17, 15) is 4.79 Å². The molecule has 2 aromatic heterocycles. The summed E-state index contributed by atoms with van der Waals surface area (Å²) in [5.74, 6) is 0.769. The number of pyridine rings is 1. The molecule has 0 saturated carbocycles. The van der Waals surface area contributed by atoms with Crippen molar-refractivity contribution in [3.63, 3.8) is 0 Å². The Hall–Kier alpha value is -3.25. The third-order valence-corrected chi connectivity index (χ3v) is 6.22. The fourth-order valence-electron chi connectivity index (χ4n) is 3.15. The molecule has 4 rings (SSSR count). The molecular weight excluding hydrogens is 392 g/mol. The van der Waals surface area contributed by atoms with E-state index in [0.717, 1.165) is 28.1 Å². The minimum atomic E-state index is -0.419. The molecule has 0 bridgehead atoms. The van der Waals surface area contributed by atoms with Crippen LogP contribution in [-0.4, -0.2) is 25.5 Å². The maximum atomic E-state index is 13.4. The Kier molecular flexibility index (Phi) is 5.77. The average Bonchev–Trinajstić information content (AvgIpc) is 3.13. The normalized spacial score (nSPS) is 12.0. The van der Waals surface area contributed by atoms with Gasteiger partial charge in [0.05, 0.1) is 0 Å². The van der Waals surface area contributed by atoms with Crippen molar-refractivity contribution in [2.24, 2.45) is 7.05 Å². The van der Waals surface area contributed by atoms with Crippen molar-refractivity contribution in [3.05, 3.63) is 95.3 Å². The number of thioether (sulfide) groups is 1. The average molecular weight is 415 g/mol. The van der Waals surface area contributed by atoms with Crippen LogP contribution in [0, 0.1) is 13.8 Å². The molecule has 1 unspecified atom stereocenters. The molecule has 0 spiro atoms. The van der Waals surface area contributed by atoms with E-state index in [1.165, 1.54) is 11.8 Å². The first-order valence-corrected chi connectivity index (χ1v) is 10.5. The van der Waals surface area contributed by atoms with Crippen molar-refractivity contribution in [1.29, 1.82) is 0 Å². The van der Waals surface area contributed by atoms with E-state index < -0.39 is 5.25 Å². The first-order valence-electron chi connectivity index (χ1n) is 9.67. The van der Waals surface area contributed by atoms with Crippen LogP contribution in [0.4, 0.5) is 0 Å². The molecule has 0 saturated heterocycles. The standard InChI is InChI=1S/C24H22N4OS/c1-16-6-10-18(11-7-16)21(29)22(19-12-8-17(2)9-13-19)30-24-27-26-23(28(24)3)20-5-4-14-25-15-20/h4-15,22H,1-3H3. The number of hydrogen-bond acceptors (Lipinski definition) is 5. The number of benzene rings is 2. The van der Waals surface area contributed by atoms with Crippen LogP contribution in [0.1, 0.15) is 32.3 Å². The number of rotatable bonds is 6. The summed E-state index contributed by atoms with van der Waals surface area (Å²) in [6.45, 7) is 4.05. The minimum Gasteiger partial charge on any atom is -0.305 e. The SMILES string of the molecule is Cc1ccc(C(=O)C(Sc2nnc(-c3cccnc3)n2C)c2ccc(C)cc2)cc1. The minimum absolute atomic E-state index is 0.0507. The van der Waals surface area contributed by atoms with E-state index in [1.807, 2.05) is 86.1 Å². The van der Waals surface area contributed by atoms with Gasteiger partial charge in [-0.1, -0.05) is 71.4 Å².